The van der Waals surface area contributed by atoms with E-state index in [0.29, 0.717) is 31.9 Å². The molecular weight excluding hydrogens is 350 g/mol. The van der Waals surface area contributed by atoms with Crippen molar-refractivity contribution in [2.75, 3.05) is 39.5 Å². The van der Waals surface area contributed by atoms with Crippen LogP contribution in [0.15, 0.2) is 34.2 Å². The fourth-order valence-corrected chi connectivity index (χ4v) is 3.74. The van der Waals surface area contributed by atoms with E-state index in [1.807, 2.05) is 0 Å². The molecule has 134 valence electrons. The standard InChI is InChI=1S/C15H17N3O6S/c19-13(18-5-7-23-8-6-18)10-24-14(20)9-16-15-11-3-1-2-4-12(11)25(21,22)17-15/h1-4H,5-10H2,(H,16,17). The minimum atomic E-state index is -3.65. The molecule has 10 heteroatoms. The zero-order valence-electron chi connectivity index (χ0n) is 13.3. The van der Waals surface area contributed by atoms with Crippen molar-refractivity contribution in [3.63, 3.8) is 0 Å². The first-order valence-corrected chi connectivity index (χ1v) is 9.13. The van der Waals surface area contributed by atoms with Gasteiger partial charge in [-0.15, -0.1) is 0 Å². The van der Waals surface area contributed by atoms with Gasteiger partial charge in [0.1, 0.15) is 12.4 Å². The Morgan fingerprint density at radius 3 is 2.72 bits per heavy atom. The molecule has 0 aliphatic carbocycles. The number of ether oxygens (including phenoxy) is 2. The minimum Gasteiger partial charge on any atom is -0.454 e. The summed E-state index contributed by atoms with van der Waals surface area (Å²) in [6.07, 6.45) is 0. The Bertz CT molecular complexity index is 814. The van der Waals surface area contributed by atoms with Crippen LogP contribution >= 0.6 is 0 Å². The Hall–Kier alpha value is -2.46. The van der Waals surface area contributed by atoms with Crippen molar-refractivity contribution in [1.82, 2.24) is 9.62 Å². The molecule has 0 atom stereocenters. The van der Waals surface area contributed by atoms with Gasteiger partial charge in [-0.3, -0.25) is 19.3 Å². The van der Waals surface area contributed by atoms with Crippen molar-refractivity contribution < 1.29 is 27.5 Å². The van der Waals surface area contributed by atoms with E-state index in [9.17, 15) is 18.0 Å². The van der Waals surface area contributed by atoms with Crippen molar-refractivity contribution in [3.8, 4) is 0 Å². The number of morpholine rings is 1. The van der Waals surface area contributed by atoms with Crippen LogP contribution in [0.3, 0.4) is 0 Å². The van der Waals surface area contributed by atoms with Crippen LogP contribution in [-0.2, 0) is 29.1 Å². The van der Waals surface area contributed by atoms with Gasteiger partial charge in [-0.1, -0.05) is 12.1 Å². The van der Waals surface area contributed by atoms with E-state index in [1.165, 1.54) is 6.07 Å². The van der Waals surface area contributed by atoms with E-state index in [0.717, 1.165) is 0 Å². The predicted octanol–water partition coefficient (Wildman–Crippen LogP) is -0.873. The summed E-state index contributed by atoms with van der Waals surface area (Å²) in [5, 5.41) is 0. The summed E-state index contributed by atoms with van der Waals surface area (Å²) in [5.74, 6) is -0.916. The lowest BCUT2D eigenvalue weighted by Gasteiger charge is -2.26. The van der Waals surface area contributed by atoms with Crippen molar-refractivity contribution in [3.05, 3.63) is 29.8 Å². The monoisotopic (exact) mass is 367 g/mol. The van der Waals surface area contributed by atoms with Crippen LogP contribution in [0.2, 0.25) is 0 Å². The molecule has 0 radical (unpaired) electrons. The lowest BCUT2D eigenvalue weighted by molar-refractivity contribution is -0.152. The fraction of sp³-hybridized carbons (Fsp3) is 0.400. The molecule has 0 aromatic heterocycles. The molecule has 9 nitrogen and oxygen atoms in total. The SMILES string of the molecule is O=C(CN=C1NS(=O)(=O)c2ccccc21)OCC(=O)N1CCOCC1. The number of hydrogen-bond acceptors (Lipinski definition) is 7. The molecule has 25 heavy (non-hydrogen) atoms. The summed E-state index contributed by atoms with van der Waals surface area (Å²) in [7, 11) is -3.65. The number of carbonyl (C=O) groups is 2. The average molecular weight is 367 g/mol. The number of amidine groups is 1. The molecule has 2 aliphatic rings. The van der Waals surface area contributed by atoms with Crippen molar-refractivity contribution in [2.24, 2.45) is 4.99 Å². The van der Waals surface area contributed by atoms with Crippen LogP contribution in [-0.4, -0.2) is 70.5 Å². The number of nitrogens with one attached hydrogen (secondary N) is 1. The zero-order valence-corrected chi connectivity index (χ0v) is 14.1. The lowest BCUT2D eigenvalue weighted by Crippen LogP contribution is -2.42. The number of rotatable bonds is 4. The van der Waals surface area contributed by atoms with Crippen LogP contribution in [0.25, 0.3) is 0 Å². The number of benzene rings is 1. The summed E-state index contributed by atoms with van der Waals surface area (Å²) in [6.45, 7) is 1.11. The van der Waals surface area contributed by atoms with Crippen molar-refractivity contribution in [1.29, 1.82) is 0 Å². The number of aliphatic imine (C=N–C) groups is 1. The first-order valence-electron chi connectivity index (χ1n) is 7.65. The van der Waals surface area contributed by atoms with Gasteiger partial charge in [-0.2, -0.15) is 0 Å². The van der Waals surface area contributed by atoms with Gasteiger partial charge in [0.05, 0.1) is 18.1 Å². The van der Waals surface area contributed by atoms with Crippen LogP contribution < -0.4 is 4.72 Å². The first-order chi connectivity index (χ1) is 12.0. The van der Waals surface area contributed by atoms with Crippen LogP contribution in [0, 0.1) is 0 Å². The van der Waals surface area contributed by atoms with Gasteiger partial charge < -0.3 is 14.4 Å². The quantitative estimate of drug-likeness (QED) is 0.692. The van der Waals surface area contributed by atoms with E-state index >= 15 is 0 Å². The molecular formula is C15H17N3O6S. The lowest BCUT2D eigenvalue weighted by atomic mass is 10.2. The van der Waals surface area contributed by atoms with Gasteiger partial charge in [-0.05, 0) is 12.1 Å². The molecule has 3 rings (SSSR count). The highest BCUT2D eigenvalue weighted by molar-refractivity contribution is 7.90. The highest BCUT2D eigenvalue weighted by atomic mass is 32.2. The van der Waals surface area contributed by atoms with Gasteiger partial charge in [0.25, 0.3) is 15.9 Å². The molecule has 0 spiro atoms. The second-order valence-electron chi connectivity index (χ2n) is 5.42. The summed E-state index contributed by atoms with van der Waals surface area (Å²) in [6, 6.07) is 6.33. The molecule has 1 fully saturated rings. The summed E-state index contributed by atoms with van der Waals surface area (Å²) in [4.78, 5) is 29.3. The van der Waals surface area contributed by atoms with E-state index in [2.05, 4.69) is 9.71 Å². The highest BCUT2D eigenvalue weighted by Crippen LogP contribution is 2.21. The predicted molar refractivity (Wildman–Crippen MR) is 86.5 cm³/mol. The summed E-state index contributed by atoms with van der Waals surface area (Å²) >= 11 is 0. The normalized spacial score (nSPS) is 20.0. The van der Waals surface area contributed by atoms with Crippen molar-refractivity contribution in [2.45, 2.75) is 4.90 Å². The van der Waals surface area contributed by atoms with E-state index in [-0.39, 0.29) is 29.8 Å². The number of amides is 1. The van der Waals surface area contributed by atoms with Gasteiger partial charge in [0, 0.05) is 18.7 Å². The number of fused-ring (bicyclic) bond motifs is 1. The zero-order chi connectivity index (χ0) is 17.9. The highest BCUT2D eigenvalue weighted by Gasteiger charge is 2.30. The topological polar surface area (TPSA) is 114 Å². The van der Waals surface area contributed by atoms with Gasteiger partial charge in [0.2, 0.25) is 0 Å². The Labute approximate surface area is 144 Å². The Balaban J connectivity index is 1.56. The smallest absolute Gasteiger partial charge is 0.328 e. The first kappa shape index (κ1) is 17.4. The number of hydrogen-bond donors (Lipinski definition) is 1. The Kier molecular flexibility index (Phi) is 5.00. The molecule has 1 saturated heterocycles. The molecule has 1 aromatic carbocycles. The molecule has 1 N–H and O–H groups in total. The number of carbonyl (C=O) groups excluding carboxylic acids is 2. The molecule has 0 unspecified atom stereocenters. The molecule has 2 aliphatic heterocycles. The van der Waals surface area contributed by atoms with Crippen LogP contribution in [0.5, 0.6) is 0 Å². The van der Waals surface area contributed by atoms with Gasteiger partial charge in [0.15, 0.2) is 6.61 Å². The van der Waals surface area contributed by atoms with Gasteiger partial charge >= 0.3 is 5.97 Å². The molecule has 1 aromatic rings. The maximum atomic E-state index is 11.9. The molecule has 0 saturated carbocycles. The van der Waals surface area contributed by atoms with E-state index in [4.69, 9.17) is 9.47 Å². The number of nitrogens with zero attached hydrogens (tertiary/aromatic N) is 2. The van der Waals surface area contributed by atoms with E-state index in [1.54, 1.807) is 23.1 Å². The second kappa shape index (κ2) is 7.19. The maximum Gasteiger partial charge on any atom is 0.328 e. The number of sulfonamides is 1. The van der Waals surface area contributed by atoms with Crippen LogP contribution in [0.4, 0.5) is 0 Å². The van der Waals surface area contributed by atoms with Gasteiger partial charge in [-0.25, -0.2) is 8.42 Å². The second-order valence-corrected chi connectivity index (χ2v) is 7.07. The fourth-order valence-electron chi connectivity index (χ4n) is 2.49. The third-order valence-electron chi connectivity index (χ3n) is 3.75. The van der Waals surface area contributed by atoms with Crippen LogP contribution in [0.1, 0.15) is 5.56 Å². The van der Waals surface area contributed by atoms with Crippen molar-refractivity contribution >= 4 is 27.7 Å². The molecule has 2 heterocycles. The average Bonchev–Trinajstić information content (AvgIpc) is 2.89. The third kappa shape index (κ3) is 3.97. The molecule has 1 amide bonds. The Morgan fingerprint density at radius 1 is 1.24 bits per heavy atom. The summed E-state index contributed by atoms with van der Waals surface area (Å²) < 4.78 is 36.2. The Morgan fingerprint density at radius 2 is 1.96 bits per heavy atom. The minimum absolute atomic E-state index is 0.0899. The third-order valence-corrected chi connectivity index (χ3v) is 5.15. The van der Waals surface area contributed by atoms with E-state index < -0.39 is 16.0 Å². The maximum absolute atomic E-state index is 11.9. The molecule has 0 bridgehead atoms. The number of esters is 1. The largest absolute Gasteiger partial charge is 0.454 e. The summed E-state index contributed by atoms with van der Waals surface area (Å²) in [5.41, 5.74) is 0.402.